The monoisotopic (exact) mass is 311 g/mol. The third-order valence-corrected chi connectivity index (χ3v) is 4.04. The van der Waals surface area contributed by atoms with Gasteiger partial charge in [-0.05, 0) is 31.0 Å². The number of para-hydroxylation sites is 2. The Bertz CT molecular complexity index is 729. The Hall–Kier alpha value is -2.14. The van der Waals surface area contributed by atoms with E-state index in [0.717, 1.165) is 43.9 Å². The van der Waals surface area contributed by atoms with E-state index in [1.54, 1.807) is 0 Å². The van der Waals surface area contributed by atoms with Crippen molar-refractivity contribution in [3.05, 3.63) is 48.8 Å². The number of rotatable bonds is 8. The van der Waals surface area contributed by atoms with E-state index < -0.39 is 0 Å². The molecule has 3 rings (SSSR count). The van der Waals surface area contributed by atoms with Gasteiger partial charge in [0, 0.05) is 25.5 Å². The number of hydrogen-bond donors (Lipinski definition) is 1. The highest BCUT2D eigenvalue weighted by molar-refractivity contribution is 5.75. The first-order valence-electron chi connectivity index (χ1n) is 8.38. The molecule has 1 unspecified atom stereocenters. The summed E-state index contributed by atoms with van der Waals surface area (Å²) in [5.41, 5.74) is 2.32. The maximum absolute atomic E-state index is 4.79. The average Bonchev–Trinajstić information content (AvgIpc) is 3.16. The first-order chi connectivity index (χ1) is 11.3. The van der Waals surface area contributed by atoms with Gasteiger partial charge < -0.3 is 14.5 Å². The van der Waals surface area contributed by atoms with Crippen LogP contribution in [0.25, 0.3) is 11.0 Å². The van der Waals surface area contributed by atoms with Crippen molar-refractivity contribution < 1.29 is 0 Å². The normalized spacial score (nSPS) is 12.8. The summed E-state index contributed by atoms with van der Waals surface area (Å²) < 4.78 is 4.46. The van der Waals surface area contributed by atoms with Crippen LogP contribution in [0.5, 0.6) is 0 Å². The van der Waals surface area contributed by atoms with Gasteiger partial charge in [-0.3, -0.25) is 0 Å². The zero-order valence-electron chi connectivity index (χ0n) is 13.9. The predicted molar refractivity (Wildman–Crippen MR) is 93.1 cm³/mol. The first-order valence-corrected chi connectivity index (χ1v) is 8.38. The fourth-order valence-corrected chi connectivity index (χ4v) is 2.98. The number of aryl methyl sites for hydroxylation is 1. The summed E-state index contributed by atoms with van der Waals surface area (Å²) in [7, 11) is 0. The number of fused-ring (bicyclic) bond motifs is 1. The highest BCUT2D eigenvalue weighted by Gasteiger charge is 2.10. The van der Waals surface area contributed by atoms with Crippen LogP contribution in [0.1, 0.15) is 26.1 Å². The second kappa shape index (κ2) is 7.42. The lowest BCUT2D eigenvalue weighted by Gasteiger charge is -2.14. The lowest BCUT2D eigenvalue weighted by Crippen LogP contribution is -2.25. The lowest BCUT2D eigenvalue weighted by atomic mass is 10.2. The summed E-state index contributed by atoms with van der Waals surface area (Å²) in [4.78, 5) is 8.88. The maximum Gasteiger partial charge on any atom is 0.123 e. The molecule has 1 aromatic carbocycles. The molecule has 5 nitrogen and oxygen atoms in total. The van der Waals surface area contributed by atoms with E-state index in [-0.39, 0.29) is 0 Å². The molecule has 0 spiro atoms. The van der Waals surface area contributed by atoms with E-state index in [9.17, 15) is 0 Å². The molecular weight excluding hydrogens is 286 g/mol. The molecule has 5 heteroatoms. The van der Waals surface area contributed by atoms with Gasteiger partial charge in [-0.25, -0.2) is 9.97 Å². The van der Waals surface area contributed by atoms with Crippen LogP contribution < -0.4 is 5.32 Å². The molecule has 0 aliphatic rings. The van der Waals surface area contributed by atoms with E-state index >= 15 is 0 Å². The zero-order chi connectivity index (χ0) is 16.1. The third kappa shape index (κ3) is 3.79. The van der Waals surface area contributed by atoms with Gasteiger partial charge in [0.2, 0.25) is 0 Å². The molecule has 122 valence electrons. The molecule has 2 heterocycles. The number of imidazole rings is 2. The number of benzene rings is 1. The molecule has 2 aromatic heterocycles. The molecule has 0 bridgehead atoms. The van der Waals surface area contributed by atoms with Crippen molar-refractivity contribution in [3.8, 4) is 0 Å². The Morgan fingerprint density at radius 3 is 2.91 bits per heavy atom. The molecule has 0 amide bonds. The van der Waals surface area contributed by atoms with Crippen molar-refractivity contribution >= 4 is 11.0 Å². The fraction of sp³-hybridized carbons (Fsp3) is 0.444. The highest BCUT2D eigenvalue weighted by atomic mass is 15.1. The van der Waals surface area contributed by atoms with Gasteiger partial charge in [-0.2, -0.15) is 0 Å². The number of aromatic nitrogens is 4. The van der Waals surface area contributed by atoms with Crippen molar-refractivity contribution in [2.24, 2.45) is 5.92 Å². The Balaban J connectivity index is 1.61. The lowest BCUT2D eigenvalue weighted by molar-refractivity contribution is 0.439. The molecule has 0 radical (unpaired) electrons. The molecular formula is C18H25N5. The molecule has 0 saturated heterocycles. The molecule has 0 aliphatic heterocycles. The zero-order valence-corrected chi connectivity index (χ0v) is 13.9. The third-order valence-electron chi connectivity index (χ3n) is 4.04. The first kappa shape index (κ1) is 15.7. The maximum atomic E-state index is 4.79. The van der Waals surface area contributed by atoms with Crippen LogP contribution in [-0.4, -0.2) is 25.6 Å². The minimum Gasteiger partial charge on any atom is -0.337 e. The molecule has 3 aromatic rings. The second-order valence-corrected chi connectivity index (χ2v) is 6.16. The van der Waals surface area contributed by atoms with Crippen molar-refractivity contribution in [1.29, 1.82) is 0 Å². The van der Waals surface area contributed by atoms with Gasteiger partial charge in [0.05, 0.1) is 23.9 Å². The van der Waals surface area contributed by atoms with Crippen molar-refractivity contribution in [2.45, 2.75) is 39.9 Å². The number of nitrogens with zero attached hydrogens (tertiary/aromatic N) is 4. The van der Waals surface area contributed by atoms with Crippen LogP contribution in [0.2, 0.25) is 0 Å². The Morgan fingerprint density at radius 2 is 2.13 bits per heavy atom. The molecule has 0 saturated carbocycles. The second-order valence-electron chi connectivity index (χ2n) is 6.16. The summed E-state index contributed by atoms with van der Waals surface area (Å²) in [6.07, 6.45) is 6.83. The van der Waals surface area contributed by atoms with Crippen molar-refractivity contribution in [2.75, 3.05) is 6.54 Å². The summed E-state index contributed by atoms with van der Waals surface area (Å²) in [5, 5.41) is 3.56. The predicted octanol–water partition coefficient (Wildman–Crippen LogP) is 3.07. The van der Waals surface area contributed by atoms with E-state index in [1.165, 1.54) is 5.52 Å². The van der Waals surface area contributed by atoms with E-state index in [1.807, 2.05) is 18.7 Å². The molecule has 23 heavy (non-hydrogen) atoms. The summed E-state index contributed by atoms with van der Waals surface area (Å²) in [6.45, 7) is 8.23. The van der Waals surface area contributed by atoms with Crippen LogP contribution in [0.4, 0.5) is 0 Å². The van der Waals surface area contributed by atoms with Crippen LogP contribution >= 0.6 is 0 Å². The Kier molecular flexibility index (Phi) is 5.08. The topological polar surface area (TPSA) is 47.7 Å². The summed E-state index contributed by atoms with van der Waals surface area (Å²) in [5.74, 6) is 1.68. The fourth-order valence-electron chi connectivity index (χ4n) is 2.98. The van der Waals surface area contributed by atoms with Crippen LogP contribution in [-0.2, 0) is 19.6 Å². The molecule has 1 N–H and O–H groups in total. The number of hydrogen-bond acceptors (Lipinski definition) is 3. The molecule has 0 fully saturated rings. The standard InChI is InChI=1S/C18H25N5/c1-3-9-23-17-7-5-4-6-16(17)21-18(23)12-20-11-15(2)13-22-10-8-19-14-22/h4-8,10,14-15,20H,3,9,11-13H2,1-2H3. The van der Waals surface area contributed by atoms with Gasteiger partial charge in [0.15, 0.2) is 0 Å². The van der Waals surface area contributed by atoms with E-state index in [2.05, 4.69) is 57.5 Å². The summed E-state index contributed by atoms with van der Waals surface area (Å²) >= 11 is 0. The number of nitrogens with one attached hydrogen (secondary N) is 1. The smallest absolute Gasteiger partial charge is 0.123 e. The van der Waals surface area contributed by atoms with Gasteiger partial charge in [0.25, 0.3) is 0 Å². The van der Waals surface area contributed by atoms with Gasteiger partial charge in [-0.15, -0.1) is 0 Å². The quantitative estimate of drug-likeness (QED) is 0.695. The Labute approximate surface area is 137 Å². The molecule has 1 atom stereocenters. The SMILES string of the molecule is CCCn1c(CNCC(C)Cn2ccnc2)nc2ccccc21. The molecule has 0 aliphatic carbocycles. The summed E-state index contributed by atoms with van der Waals surface area (Å²) in [6, 6.07) is 8.38. The van der Waals surface area contributed by atoms with Crippen molar-refractivity contribution in [1.82, 2.24) is 24.4 Å². The highest BCUT2D eigenvalue weighted by Crippen LogP contribution is 2.16. The van der Waals surface area contributed by atoms with Gasteiger partial charge in [-0.1, -0.05) is 26.0 Å². The van der Waals surface area contributed by atoms with Gasteiger partial charge in [0.1, 0.15) is 5.82 Å². The van der Waals surface area contributed by atoms with Gasteiger partial charge >= 0.3 is 0 Å². The van der Waals surface area contributed by atoms with Crippen LogP contribution in [0.15, 0.2) is 43.0 Å². The Morgan fingerprint density at radius 1 is 1.26 bits per heavy atom. The van der Waals surface area contributed by atoms with E-state index in [0.29, 0.717) is 5.92 Å². The minimum absolute atomic E-state index is 0.549. The van der Waals surface area contributed by atoms with Crippen LogP contribution in [0.3, 0.4) is 0 Å². The van der Waals surface area contributed by atoms with Crippen LogP contribution in [0, 0.1) is 5.92 Å². The van der Waals surface area contributed by atoms with E-state index in [4.69, 9.17) is 4.98 Å². The largest absolute Gasteiger partial charge is 0.337 e. The van der Waals surface area contributed by atoms with Crippen molar-refractivity contribution in [3.63, 3.8) is 0 Å². The average molecular weight is 311 g/mol. The minimum atomic E-state index is 0.549.